The Balaban J connectivity index is 1.50. The number of piperidine rings is 1. The predicted molar refractivity (Wildman–Crippen MR) is 138 cm³/mol. The van der Waals surface area contributed by atoms with Crippen molar-refractivity contribution < 1.29 is 38.2 Å². The molecule has 1 aromatic carbocycles. The Hall–Kier alpha value is -3.89. The summed E-state index contributed by atoms with van der Waals surface area (Å²) >= 11 is 0. The van der Waals surface area contributed by atoms with Gasteiger partial charge in [-0.3, -0.25) is 28.9 Å². The monoisotopic (exact) mass is 539 g/mol. The Morgan fingerprint density at radius 2 is 1.59 bits per heavy atom. The van der Waals surface area contributed by atoms with Gasteiger partial charge in [-0.05, 0) is 32.1 Å². The first kappa shape index (κ1) is 26.7. The SMILES string of the molecule is COc1cc(OC)cc(N2C=C3C4CCCC(C(=O)N3CC2=O)N4C(=O)C(=O)C2(COC(C)=O)CCCC2)c1. The fourth-order valence-electron chi connectivity index (χ4n) is 6.27. The highest BCUT2D eigenvalue weighted by molar-refractivity contribution is 6.38. The Kier molecular flexibility index (Phi) is 7.09. The second-order valence-electron chi connectivity index (χ2n) is 10.6. The molecule has 1 aliphatic carbocycles. The Labute approximate surface area is 226 Å². The smallest absolute Gasteiger partial charge is 0.302 e. The van der Waals surface area contributed by atoms with Crippen LogP contribution in [0, 0.1) is 5.41 Å². The van der Waals surface area contributed by atoms with Crippen LogP contribution in [0.5, 0.6) is 11.5 Å². The largest absolute Gasteiger partial charge is 0.497 e. The maximum atomic E-state index is 13.9. The number of methoxy groups -OCH3 is 2. The number of piperazine rings is 1. The molecule has 0 N–H and O–H groups in total. The zero-order valence-corrected chi connectivity index (χ0v) is 22.4. The van der Waals surface area contributed by atoms with Crippen molar-refractivity contribution in [3.8, 4) is 11.5 Å². The highest BCUT2D eigenvalue weighted by Crippen LogP contribution is 2.43. The molecule has 2 unspecified atom stereocenters. The molecule has 5 rings (SSSR count). The molecule has 3 heterocycles. The van der Waals surface area contributed by atoms with Crippen LogP contribution < -0.4 is 14.4 Å². The van der Waals surface area contributed by atoms with Crippen LogP contribution in [0.1, 0.15) is 51.9 Å². The molecular weight excluding hydrogens is 506 g/mol. The van der Waals surface area contributed by atoms with Crippen LogP contribution in [0.15, 0.2) is 30.1 Å². The molecule has 3 amide bonds. The number of ether oxygens (including phenoxy) is 3. The number of esters is 1. The summed E-state index contributed by atoms with van der Waals surface area (Å²) in [5.74, 6) is -1.54. The first-order chi connectivity index (χ1) is 18.7. The number of benzene rings is 1. The van der Waals surface area contributed by atoms with Gasteiger partial charge >= 0.3 is 5.97 Å². The normalized spacial score (nSPS) is 23.7. The fraction of sp³-hybridized carbons (Fsp3) is 0.536. The Morgan fingerprint density at radius 3 is 2.21 bits per heavy atom. The summed E-state index contributed by atoms with van der Waals surface area (Å²) in [6.07, 6.45) is 5.67. The van der Waals surface area contributed by atoms with Crippen molar-refractivity contribution in [3.63, 3.8) is 0 Å². The molecule has 3 fully saturated rings. The molecule has 11 nitrogen and oxygen atoms in total. The summed E-state index contributed by atoms with van der Waals surface area (Å²) in [5.41, 5.74) is -0.0787. The van der Waals surface area contributed by atoms with Crippen LogP contribution in [0.4, 0.5) is 5.69 Å². The number of ketones is 1. The highest BCUT2D eigenvalue weighted by atomic mass is 16.5. The van der Waals surface area contributed by atoms with Crippen LogP contribution in [-0.2, 0) is 28.7 Å². The van der Waals surface area contributed by atoms with Gasteiger partial charge in [0.05, 0.1) is 37.1 Å². The molecule has 0 spiro atoms. The third-order valence-corrected chi connectivity index (χ3v) is 8.29. The van der Waals surface area contributed by atoms with E-state index in [1.807, 2.05) is 0 Å². The van der Waals surface area contributed by atoms with Crippen molar-refractivity contribution in [2.75, 3.05) is 32.3 Å². The summed E-state index contributed by atoms with van der Waals surface area (Å²) in [6.45, 7) is 0.958. The van der Waals surface area contributed by atoms with E-state index in [0.29, 0.717) is 55.0 Å². The van der Waals surface area contributed by atoms with Crippen LogP contribution in [0.25, 0.3) is 0 Å². The number of hydrogen-bond donors (Lipinski definition) is 0. The average molecular weight is 540 g/mol. The van der Waals surface area contributed by atoms with Gasteiger partial charge in [-0.2, -0.15) is 0 Å². The predicted octanol–water partition coefficient (Wildman–Crippen LogP) is 2.18. The highest BCUT2D eigenvalue weighted by Gasteiger charge is 2.54. The minimum atomic E-state index is -1.07. The Morgan fingerprint density at radius 1 is 0.949 bits per heavy atom. The number of anilines is 1. The van der Waals surface area contributed by atoms with Crippen molar-refractivity contribution in [2.45, 2.75) is 64.0 Å². The third kappa shape index (κ3) is 4.63. The van der Waals surface area contributed by atoms with E-state index in [4.69, 9.17) is 14.2 Å². The zero-order chi connectivity index (χ0) is 27.9. The lowest BCUT2D eigenvalue weighted by Crippen LogP contribution is -2.68. The number of fused-ring (bicyclic) bond motifs is 4. The zero-order valence-electron chi connectivity index (χ0n) is 22.4. The van der Waals surface area contributed by atoms with Gasteiger partial charge in [-0.1, -0.05) is 12.8 Å². The topological polar surface area (TPSA) is 123 Å². The molecule has 208 valence electrons. The van der Waals surface area contributed by atoms with Gasteiger partial charge in [0.15, 0.2) is 0 Å². The first-order valence-corrected chi connectivity index (χ1v) is 13.3. The van der Waals surface area contributed by atoms with Gasteiger partial charge in [0.2, 0.25) is 11.7 Å². The second-order valence-corrected chi connectivity index (χ2v) is 10.6. The van der Waals surface area contributed by atoms with Crippen LogP contribution in [0.3, 0.4) is 0 Å². The van der Waals surface area contributed by atoms with Crippen LogP contribution in [-0.4, -0.2) is 78.7 Å². The van der Waals surface area contributed by atoms with Crippen molar-refractivity contribution >= 4 is 35.2 Å². The Bertz CT molecular complexity index is 1230. The van der Waals surface area contributed by atoms with Gasteiger partial charge in [-0.15, -0.1) is 0 Å². The van der Waals surface area contributed by atoms with E-state index in [9.17, 15) is 24.0 Å². The standard InChI is InChI=1S/C28H33N3O8/c1-17(32)39-16-28(9-4-5-10-28)25(34)27(36)31-21-7-6-8-22(31)26(35)30-15-24(33)29(14-23(21)30)18-11-19(37-2)13-20(12-18)38-3/h11-14,21-22H,4-10,15-16H2,1-3H3. The lowest BCUT2D eigenvalue weighted by atomic mass is 9.80. The minimum absolute atomic E-state index is 0.140. The molecule has 0 aromatic heterocycles. The molecular formula is C28H33N3O8. The van der Waals surface area contributed by atoms with Crippen molar-refractivity contribution in [1.82, 2.24) is 9.80 Å². The molecule has 1 saturated carbocycles. The molecule has 0 radical (unpaired) electrons. The molecule has 2 bridgehead atoms. The number of hydrogen-bond acceptors (Lipinski definition) is 8. The van der Waals surface area contributed by atoms with E-state index in [1.54, 1.807) is 24.4 Å². The molecule has 1 aromatic rings. The number of rotatable bonds is 7. The number of carbonyl (C=O) groups is 5. The van der Waals surface area contributed by atoms with Gasteiger partial charge in [-0.25, -0.2) is 0 Å². The fourth-order valence-corrected chi connectivity index (χ4v) is 6.27. The second kappa shape index (κ2) is 10.3. The third-order valence-electron chi connectivity index (χ3n) is 8.29. The van der Waals surface area contributed by atoms with Crippen LogP contribution >= 0.6 is 0 Å². The van der Waals surface area contributed by atoms with Gasteiger partial charge in [0.1, 0.15) is 30.7 Å². The average Bonchev–Trinajstić information content (AvgIpc) is 3.43. The number of Topliss-reactive ketones (excluding diaryl/α,β-unsaturated/α-hetero) is 1. The van der Waals surface area contributed by atoms with E-state index in [1.165, 1.54) is 35.8 Å². The molecule has 39 heavy (non-hydrogen) atoms. The minimum Gasteiger partial charge on any atom is -0.497 e. The first-order valence-electron chi connectivity index (χ1n) is 13.3. The molecule has 4 aliphatic rings. The van der Waals surface area contributed by atoms with Gasteiger partial charge in [0.25, 0.3) is 11.8 Å². The number of carbonyl (C=O) groups excluding carboxylic acids is 5. The molecule has 2 saturated heterocycles. The molecule has 2 atom stereocenters. The maximum absolute atomic E-state index is 13.9. The van der Waals surface area contributed by atoms with Crippen molar-refractivity contribution in [3.05, 3.63) is 30.1 Å². The van der Waals surface area contributed by atoms with E-state index >= 15 is 0 Å². The summed E-state index contributed by atoms with van der Waals surface area (Å²) in [5, 5.41) is 0. The molecule has 11 heteroatoms. The maximum Gasteiger partial charge on any atom is 0.302 e. The van der Waals surface area contributed by atoms with E-state index < -0.39 is 35.2 Å². The summed E-state index contributed by atoms with van der Waals surface area (Å²) in [7, 11) is 3.02. The summed E-state index contributed by atoms with van der Waals surface area (Å²) < 4.78 is 15.9. The number of nitrogens with zero attached hydrogens (tertiary/aromatic N) is 3. The lowest BCUT2D eigenvalue weighted by Gasteiger charge is -2.52. The summed E-state index contributed by atoms with van der Waals surface area (Å²) in [4.78, 5) is 70.3. The van der Waals surface area contributed by atoms with E-state index in [2.05, 4.69) is 0 Å². The van der Waals surface area contributed by atoms with E-state index in [0.717, 1.165) is 12.8 Å². The van der Waals surface area contributed by atoms with Gasteiger partial charge < -0.3 is 24.0 Å². The van der Waals surface area contributed by atoms with Crippen LogP contribution in [0.2, 0.25) is 0 Å². The summed E-state index contributed by atoms with van der Waals surface area (Å²) in [6, 6.07) is 3.70. The quantitative estimate of drug-likeness (QED) is 0.382. The van der Waals surface area contributed by atoms with Crippen molar-refractivity contribution in [1.29, 1.82) is 0 Å². The molecule has 3 aliphatic heterocycles. The van der Waals surface area contributed by atoms with E-state index in [-0.39, 0.29) is 25.0 Å². The van der Waals surface area contributed by atoms with Crippen molar-refractivity contribution in [2.24, 2.45) is 5.41 Å². The number of amides is 3. The van der Waals surface area contributed by atoms with Gasteiger partial charge in [0, 0.05) is 31.3 Å². The lowest BCUT2D eigenvalue weighted by molar-refractivity contribution is -0.164.